The summed E-state index contributed by atoms with van der Waals surface area (Å²) in [6, 6.07) is 4.15. The van der Waals surface area contributed by atoms with Crippen molar-refractivity contribution in [2.45, 2.75) is 42.9 Å². The number of hydrogen-bond donors (Lipinski definition) is 1. The third-order valence-corrected chi connectivity index (χ3v) is 5.68. The van der Waals surface area contributed by atoms with E-state index in [0.29, 0.717) is 6.54 Å². The lowest BCUT2D eigenvalue weighted by Crippen LogP contribution is -2.65. The molecule has 21 heavy (non-hydrogen) atoms. The quantitative estimate of drug-likeness (QED) is 0.865. The smallest absolute Gasteiger partial charge is 0.0999 e. The lowest BCUT2D eigenvalue weighted by atomic mass is 9.76. The highest BCUT2D eigenvalue weighted by molar-refractivity contribution is 7.98. The van der Waals surface area contributed by atoms with E-state index in [-0.39, 0.29) is 5.54 Å². The van der Waals surface area contributed by atoms with Crippen LogP contribution in [-0.2, 0) is 0 Å². The van der Waals surface area contributed by atoms with Crippen LogP contribution in [0.1, 0.15) is 26.7 Å². The lowest BCUT2D eigenvalue weighted by molar-refractivity contribution is -0.0882. The van der Waals surface area contributed by atoms with Crippen molar-refractivity contribution in [3.8, 4) is 0 Å². The first-order valence-corrected chi connectivity index (χ1v) is 8.67. The summed E-state index contributed by atoms with van der Waals surface area (Å²) in [5, 5.41) is 12.2. The van der Waals surface area contributed by atoms with Crippen LogP contribution in [0, 0.1) is 0 Å². The Hall–Kier alpha value is -0.780. The molecule has 2 heterocycles. The normalized spacial score (nSPS) is 23.7. The molecule has 1 atom stereocenters. The number of aromatic nitrogens is 1. The lowest BCUT2D eigenvalue weighted by Gasteiger charge is -2.52. The summed E-state index contributed by atoms with van der Waals surface area (Å²) in [6.45, 7) is 5.86. The molecule has 1 fully saturated rings. The van der Waals surface area contributed by atoms with Gasteiger partial charge >= 0.3 is 0 Å². The summed E-state index contributed by atoms with van der Waals surface area (Å²) < 4.78 is 0. The molecule has 1 aliphatic rings. The van der Waals surface area contributed by atoms with Crippen LogP contribution in [0.4, 0.5) is 5.69 Å². The largest absolute Gasteiger partial charge is 0.386 e. The third kappa shape index (κ3) is 3.20. The van der Waals surface area contributed by atoms with Crippen LogP contribution in [0.5, 0.6) is 0 Å². The van der Waals surface area contributed by atoms with Crippen LogP contribution in [0.25, 0.3) is 0 Å². The molecule has 0 amide bonds. The van der Waals surface area contributed by atoms with Gasteiger partial charge in [0.1, 0.15) is 0 Å². The van der Waals surface area contributed by atoms with Crippen molar-refractivity contribution >= 4 is 17.4 Å². The fraction of sp³-hybridized carbons (Fsp3) is 0.688. The number of β-amino-alcohol motifs (C(OH)–C–C–N with tert-alkyl or cyclic N) is 1. The molecule has 0 bridgehead atoms. The van der Waals surface area contributed by atoms with Crippen molar-refractivity contribution in [1.29, 1.82) is 0 Å². The highest BCUT2D eigenvalue weighted by Crippen LogP contribution is 2.36. The van der Waals surface area contributed by atoms with E-state index in [1.807, 2.05) is 32.6 Å². The first-order valence-electron chi connectivity index (χ1n) is 7.45. The number of hydrogen-bond acceptors (Lipinski definition) is 5. The zero-order valence-corrected chi connectivity index (χ0v) is 14.6. The molecule has 0 spiro atoms. The number of anilines is 1. The molecule has 0 aliphatic carbocycles. The van der Waals surface area contributed by atoms with Gasteiger partial charge in [-0.2, -0.15) is 0 Å². The van der Waals surface area contributed by atoms with Crippen molar-refractivity contribution in [3.05, 3.63) is 18.3 Å². The Labute approximate surface area is 132 Å². The van der Waals surface area contributed by atoms with E-state index >= 15 is 0 Å². The van der Waals surface area contributed by atoms with Gasteiger partial charge in [0.2, 0.25) is 0 Å². The maximum Gasteiger partial charge on any atom is 0.0999 e. The van der Waals surface area contributed by atoms with E-state index in [2.05, 4.69) is 34.7 Å². The molecular weight excluding hydrogens is 282 g/mol. The Morgan fingerprint density at radius 3 is 2.62 bits per heavy atom. The molecule has 1 N–H and O–H groups in total. The fourth-order valence-corrected chi connectivity index (χ4v) is 3.21. The summed E-state index contributed by atoms with van der Waals surface area (Å²) in [4.78, 5) is 8.82. The number of pyridine rings is 1. The first-order chi connectivity index (χ1) is 9.80. The van der Waals surface area contributed by atoms with Gasteiger partial charge in [0.25, 0.3) is 0 Å². The first kappa shape index (κ1) is 16.6. The Bertz CT molecular complexity index is 475. The SMILES string of the molecule is CSc1ccc(N2CCC[C@@](O)(C(C)(C)N(C)C)C2)cn1. The van der Waals surface area contributed by atoms with Crippen molar-refractivity contribution in [3.63, 3.8) is 0 Å². The number of rotatable bonds is 4. The maximum atomic E-state index is 11.2. The summed E-state index contributed by atoms with van der Waals surface area (Å²) in [5.41, 5.74) is 0.117. The monoisotopic (exact) mass is 309 g/mol. The van der Waals surface area contributed by atoms with Crippen molar-refractivity contribution in [2.75, 3.05) is 38.3 Å². The van der Waals surface area contributed by atoms with Gasteiger partial charge in [-0.25, -0.2) is 4.98 Å². The van der Waals surface area contributed by atoms with Gasteiger partial charge in [0.15, 0.2) is 0 Å². The highest BCUT2D eigenvalue weighted by Gasteiger charge is 2.47. The zero-order valence-electron chi connectivity index (χ0n) is 13.8. The van der Waals surface area contributed by atoms with Crippen molar-refractivity contribution < 1.29 is 5.11 Å². The van der Waals surface area contributed by atoms with E-state index in [0.717, 1.165) is 30.1 Å². The predicted octanol–water partition coefficient (Wildman–Crippen LogP) is 2.48. The second-order valence-electron chi connectivity index (χ2n) is 6.57. The number of aliphatic hydroxyl groups is 1. The van der Waals surface area contributed by atoms with Crippen LogP contribution >= 0.6 is 11.8 Å². The van der Waals surface area contributed by atoms with Gasteiger partial charge in [0, 0.05) is 18.6 Å². The van der Waals surface area contributed by atoms with E-state index in [9.17, 15) is 5.11 Å². The second-order valence-corrected chi connectivity index (χ2v) is 7.40. The van der Waals surface area contributed by atoms with Gasteiger partial charge < -0.3 is 14.9 Å². The summed E-state index contributed by atoms with van der Waals surface area (Å²) in [7, 11) is 4.07. The van der Waals surface area contributed by atoms with Gasteiger partial charge in [0.05, 0.1) is 22.5 Å². The van der Waals surface area contributed by atoms with Crippen LogP contribution in [0.3, 0.4) is 0 Å². The molecule has 1 saturated heterocycles. The average molecular weight is 309 g/mol. The molecule has 0 aromatic carbocycles. The van der Waals surface area contributed by atoms with E-state index in [1.54, 1.807) is 11.8 Å². The van der Waals surface area contributed by atoms with Crippen LogP contribution in [0.15, 0.2) is 23.4 Å². The fourth-order valence-electron chi connectivity index (χ4n) is 2.85. The van der Waals surface area contributed by atoms with Crippen LogP contribution in [-0.4, -0.2) is 59.6 Å². The number of piperidine rings is 1. The Kier molecular flexibility index (Phi) is 4.85. The maximum absolute atomic E-state index is 11.2. The van der Waals surface area contributed by atoms with Gasteiger partial charge in [-0.05, 0) is 59.2 Å². The molecule has 1 aliphatic heterocycles. The Balaban J connectivity index is 2.20. The minimum absolute atomic E-state index is 0.266. The average Bonchev–Trinajstić information content (AvgIpc) is 2.47. The van der Waals surface area contributed by atoms with E-state index < -0.39 is 5.60 Å². The minimum atomic E-state index is -0.715. The van der Waals surface area contributed by atoms with Crippen molar-refractivity contribution in [2.24, 2.45) is 0 Å². The predicted molar refractivity (Wildman–Crippen MR) is 90.2 cm³/mol. The molecule has 118 valence electrons. The van der Waals surface area contributed by atoms with E-state index in [4.69, 9.17) is 0 Å². The third-order valence-electron chi connectivity index (χ3n) is 5.02. The Morgan fingerprint density at radius 1 is 1.38 bits per heavy atom. The Morgan fingerprint density at radius 2 is 2.10 bits per heavy atom. The topological polar surface area (TPSA) is 39.6 Å². The van der Waals surface area contributed by atoms with E-state index in [1.165, 1.54) is 0 Å². The second kappa shape index (κ2) is 6.15. The summed E-state index contributed by atoms with van der Waals surface area (Å²) in [6.07, 6.45) is 5.78. The number of likely N-dealkylation sites (N-methyl/N-ethyl adjacent to an activating group) is 1. The summed E-state index contributed by atoms with van der Waals surface area (Å²) in [5.74, 6) is 0. The molecule has 1 aromatic heterocycles. The van der Waals surface area contributed by atoms with Crippen molar-refractivity contribution in [1.82, 2.24) is 9.88 Å². The molecule has 1 aromatic rings. The van der Waals surface area contributed by atoms with Gasteiger partial charge in [-0.15, -0.1) is 11.8 Å². The molecule has 5 heteroatoms. The minimum Gasteiger partial charge on any atom is -0.386 e. The molecule has 0 saturated carbocycles. The molecular formula is C16H27N3OS. The van der Waals surface area contributed by atoms with Crippen LogP contribution in [0.2, 0.25) is 0 Å². The number of nitrogens with zero attached hydrogens (tertiary/aromatic N) is 3. The molecule has 2 rings (SSSR count). The van der Waals surface area contributed by atoms with Gasteiger partial charge in [-0.1, -0.05) is 0 Å². The zero-order chi connectivity index (χ0) is 15.7. The molecule has 0 unspecified atom stereocenters. The van der Waals surface area contributed by atoms with Gasteiger partial charge in [-0.3, -0.25) is 0 Å². The van der Waals surface area contributed by atoms with Crippen LogP contribution < -0.4 is 4.90 Å². The molecule has 4 nitrogen and oxygen atoms in total. The highest BCUT2D eigenvalue weighted by atomic mass is 32.2. The molecule has 0 radical (unpaired) electrons. The standard InChI is InChI=1S/C16H27N3OS/c1-15(2,18(3)4)16(20)9-6-10-19(12-16)13-7-8-14(21-5)17-11-13/h7-8,11,20H,6,9-10,12H2,1-5H3/t16-/m0/s1. The summed E-state index contributed by atoms with van der Waals surface area (Å²) >= 11 is 1.65. The number of thioether (sulfide) groups is 1.